The highest BCUT2D eigenvalue weighted by Crippen LogP contribution is 2.26. The van der Waals surface area contributed by atoms with Gasteiger partial charge in [0.1, 0.15) is 0 Å². The third-order valence-corrected chi connectivity index (χ3v) is 3.17. The Balaban J connectivity index is 2.08. The van der Waals surface area contributed by atoms with Crippen LogP contribution in [-0.4, -0.2) is 22.2 Å². The fourth-order valence-electron chi connectivity index (χ4n) is 1.28. The van der Waals surface area contributed by atoms with Crippen molar-refractivity contribution < 1.29 is 4.42 Å². The van der Waals surface area contributed by atoms with E-state index >= 15 is 0 Å². The van der Waals surface area contributed by atoms with Crippen molar-refractivity contribution in [3.8, 4) is 0 Å². The van der Waals surface area contributed by atoms with E-state index in [2.05, 4.69) is 27.4 Å². The zero-order valence-electron chi connectivity index (χ0n) is 9.97. The molecule has 90 valence electrons. The number of aryl methyl sites for hydroxylation is 1. The van der Waals surface area contributed by atoms with E-state index in [1.807, 2.05) is 25.4 Å². The molecule has 0 amide bonds. The topological polar surface area (TPSA) is 63.8 Å². The Morgan fingerprint density at radius 3 is 2.71 bits per heavy atom. The minimum Gasteiger partial charge on any atom is -0.416 e. The first-order valence-electron chi connectivity index (χ1n) is 5.30. The molecule has 17 heavy (non-hydrogen) atoms. The molecule has 0 bridgehead atoms. The maximum Gasteiger partial charge on any atom is 0.281 e. The summed E-state index contributed by atoms with van der Waals surface area (Å²) in [6.07, 6.45) is 1.81. The first-order valence-corrected chi connectivity index (χ1v) is 6.12. The average Bonchev–Trinajstić information content (AvgIpc) is 2.75. The Kier molecular flexibility index (Phi) is 3.75. The number of nitrogens with zero attached hydrogens (tertiary/aromatic N) is 3. The highest BCUT2D eigenvalue weighted by atomic mass is 32.2. The molecule has 0 aliphatic carbocycles. The first-order chi connectivity index (χ1) is 8.19. The third kappa shape index (κ3) is 3.04. The molecule has 0 spiro atoms. The van der Waals surface area contributed by atoms with Gasteiger partial charge in [-0.3, -0.25) is 4.98 Å². The second-order valence-corrected chi connectivity index (χ2v) is 4.64. The molecular weight excluding hydrogens is 236 g/mol. The SMILES string of the molecule is CNC(C)c1ccc(Sc2nnc(C)o2)cn1. The van der Waals surface area contributed by atoms with E-state index in [4.69, 9.17) is 4.42 Å². The van der Waals surface area contributed by atoms with Crippen LogP contribution in [0.3, 0.4) is 0 Å². The van der Waals surface area contributed by atoms with Crippen LogP contribution in [0.4, 0.5) is 0 Å². The lowest BCUT2D eigenvalue weighted by Crippen LogP contribution is -2.13. The summed E-state index contributed by atoms with van der Waals surface area (Å²) in [6.45, 7) is 3.84. The minimum atomic E-state index is 0.250. The number of pyridine rings is 1. The molecule has 0 aromatic carbocycles. The molecule has 1 unspecified atom stereocenters. The average molecular weight is 250 g/mol. The molecule has 0 saturated carbocycles. The Morgan fingerprint density at radius 2 is 2.18 bits per heavy atom. The number of aromatic nitrogens is 3. The van der Waals surface area contributed by atoms with Crippen molar-refractivity contribution in [3.05, 3.63) is 29.9 Å². The molecule has 1 N–H and O–H groups in total. The van der Waals surface area contributed by atoms with Crippen molar-refractivity contribution >= 4 is 11.8 Å². The van der Waals surface area contributed by atoms with Crippen LogP contribution in [-0.2, 0) is 0 Å². The number of rotatable bonds is 4. The van der Waals surface area contributed by atoms with Crippen LogP contribution in [0.5, 0.6) is 0 Å². The van der Waals surface area contributed by atoms with E-state index in [0.29, 0.717) is 11.1 Å². The normalized spacial score (nSPS) is 12.6. The maximum atomic E-state index is 5.29. The Bertz CT molecular complexity index is 482. The van der Waals surface area contributed by atoms with Crippen molar-refractivity contribution in [1.29, 1.82) is 0 Å². The molecule has 2 aromatic heterocycles. The van der Waals surface area contributed by atoms with Crippen molar-refractivity contribution in [2.45, 2.75) is 30.0 Å². The van der Waals surface area contributed by atoms with Gasteiger partial charge in [-0.25, -0.2) is 0 Å². The highest BCUT2D eigenvalue weighted by molar-refractivity contribution is 7.99. The number of nitrogens with one attached hydrogen (secondary N) is 1. The van der Waals surface area contributed by atoms with Crippen molar-refractivity contribution in [1.82, 2.24) is 20.5 Å². The summed E-state index contributed by atoms with van der Waals surface area (Å²) in [5, 5.41) is 11.4. The minimum absolute atomic E-state index is 0.250. The van der Waals surface area contributed by atoms with Gasteiger partial charge in [0.25, 0.3) is 5.22 Å². The van der Waals surface area contributed by atoms with Gasteiger partial charge in [-0.1, -0.05) is 0 Å². The van der Waals surface area contributed by atoms with Crippen LogP contribution in [0.2, 0.25) is 0 Å². The second kappa shape index (κ2) is 5.29. The van der Waals surface area contributed by atoms with Gasteiger partial charge >= 0.3 is 0 Å². The van der Waals surface area contributed by atoms with Crippen molar-refractivity contribution in [2.24, 2.45) is 0 Å². The summed E-state index contributed by atoms with van der Waals surface area (Å²) in [5.74, 6) is 0.570. The van der Waals surface area contributed by atoms with Gasteiger partial charge in [0.05, 0.1) is 5.69 Å². The molecule has 1 atom stereocenters. The van der Waals surface area contributed by atoms with E-state index in [9.17, 15) is 0 Å². The van der Waals surface area contributed by atoms with Gasteiger partial charge in [0.2, 0.25) is 5.89 Å². The fourth-order valence-corrected chi connectivity index (χ4v) is 1.96. The van der Waals surface area contributed by atoms with E-state index in [0.717, 1.165) is 10.6 Å². The van der Waals surface area contributed by atoms with Gasteiger partial charge in [0, 0.05) is 24.1 Å². The number of hydrogen-bond donors (Lipinski definition) is 1. The van der Waals surface area contributed by atoms with Gasteiger partial charge in [-0.2, -0.15) is 0 Å². The Morgan fingerprint density at radius 1 is 1.35 bits per heavy atom. The van der Waals surface area contributed by atoms with Crippen LogP contribution in [0.15, 0.2) is 32.9 Å². The summed E-state index contributed by atoms with van der Waals surface area (Å²) < 4.78 is 5.29. The van der Waals surface area contributed by atoms with E-state index < -0.39 is 0 Å². The molecule has 0 saturated heterocycles. The molecule has 0 aliphatic rings. The van der Waals surface area contributed by atoms with E-state index in [1.54, 1.807) is 6.92 Å². The molecule has 5 nitrogen and oxygen atoms in total. The van der Waals surface area contributed by atoms with E-state index in [-0.39, 0.29) is 6.04 Å². The molecule has 2 rings (SSSR count). The third-order valence-electron chi connectivity index (χ3n) is 2.35. The lowest BCUT2D eigenvalue weighted by molar-refractivity contribution is 0.429. The summed E-state index contributed by atoms with van der Waals surface area (Å²) in [6, 6.07) is 4.24. The smallest absolute Gasteiger partial charge is 0.281 e. The molecule has 2 aromatic rings. The standard InChI is InChI=1S/C11H14N4OS/c1-7(12-3)10-5-4-9(6-13-10)17-11-15-14-8(2)16-11/h4-7,12H,1-3H3. The quantitative estimate of drug-likeness (QED) is 0.897. The highest BCUT2D eigenvalue weighted by Gasteiger charge is 2.07. The van der Waals surface area contributed by atoms with Crippen LogP contribution >= 0.6 is 11.8 Å². The summed E-state index contributed by atoms with van der Waals surface area (Å²) >= 11 is 1.41. The number of hydrogen-bond acceptors (Lipinski definition) is 6. The van der Waals surface area contributed by atoms with Gasteiger partial charge in [-0.15, -0.1) is 10.2 Å². The monoisotopic (exact) mass is 250 g/mol. The predicted octanol–water partition coefficient (Wildman–Crippen LogP) is 2.20. The Labute approximate surface area is 104 Å². The maximum absolute atomic E-state index is 5.29. The lowest BCUT2D eigenvalue weighted by Gasteiger charge is -2.08. The summed E-state index contributed by atoms with van der Waals surface area (Å²) in [5.41, 5.74) is 1.01. The fraction of sp³-hybridized carbons (Fsp3) is 0.364. The largest absolute Gasteiger partial charge is 0.416 e. The van der Waals surface area contributed by atoms with Crippen LogP contribution in [0, 0.1) is 6.92 Å². The second-order valence-electron chi connectivity index (χ2n) is 3.62. The predicted molar refractivity (Wildman–Crippen MR) is 64.9 cm³/mol. The van der Waals surface area contributed by atoms with Crippen LogP contribution in [0.1, 0.15) is 24.6 Å². The molecule has 6 heteroatoms. The summed E-state index contributed by atoms with van der Waals surface area (Å²) in [4.78, 5) is 5.37. The van der Waals surface area contributed by atoms with Crippen molar-refractivity contribution in [2.75, 3.05) is 7.05 Å². The van der Waals surface area contributed by atoms with Gasteiger partial charge in [0.15, 0.2) is 0 Å². The Hall–Kier alpha value is -1.40. The molecule has 0 aliphatic heterocycles. The zero-order chi connectivity index (χ0) is 12.3. The van der Waals surface area contributed by atoms with Gasteiger partial charge in [-0.05, 0) is 37.9 Å². The molecule has 2 heterocycles. The van der Waals surface area contributed by atoms with Gasteiger partial charge < -0.3 is 9.73 Å². The van der Waals surface area contributed by atoms with Crippen LogP contribution in [0.25, 0.3) is 0 Å². The molecule has 0 radical (unpaired) electrons. The van der Waals surface area contributed by atoms with Crippen LogP contribution < -0.4 is 5.32 Å². The molecule has 0 fully saturated rings. The summed E-state index contributed by atoms with van der Waals surface area (Å²) in [7, 11) is 1.91. The zero-order valence-corrected chi connectivity index (χ0v) is 10.8. The molecular formula is C11H14N4OS. The lowest BCUT2D eigenvalue weighted by atomic mass is 10.2. The first kappa shape index (κ1) is 12.1. The van der Waals surface area contributed by atoms with E-state index in [1.165, 1.54) is 11.8 Å². The van der Waals surface area contributed by atoms with Crippen molar-refractivity contribution in [3.63, 3.8) is 0 Å².